The van der Waals surface area contributed by atoms with Crippen molar-refractivity contribution in [1.82, 2.24) is 24.1 Å². The number of fused-ring (bicyclic) bond motifs is 6. The first kappa shape index (κ1) is 30.3. The molecule has 3 heterocycles. The van der Waals surface area contributed by atoms with Gasteiger partial charge in [0.25, 0.3) is 0 Å². The Hall–Kier alpha value is -5.85. The van der Waals surface area contributed by atoms with Crippen molar-refractivity contribution in [3.05, 3.63) is 152 Å². The zero-order valence-electron chi connectivity index (χ0n) is 36.1. The Morgan fingerprint density at radius 2 is 0.877 bits per heavy atom. The second-order valence-electron chi connectivity index (χ2n) is 16.2. The van der Waals surface area contributed by atoms with Crippen molar-refractivity contribution in [2.24, 2.45) is 0 Å². The molecule has 2 aliphatic rings. The molecule has 2 fully saturated rings. The van der Waals surface area contributed by atoms with Crippen LogP contribution in [0.25, 0.3) is 66.9 Å². The van der Waals surface area contributed by atoms with Crippen LogP contribution < -0.4 is 10.4 Å². The predicted molar refractivity (Wildman–Crippen MR) is 239 cm³/mol. The maximum atomic E-state index is 10.5. The molecule has 3 aromatic heterocycles. The van der Waals surface area contributed by atoms with Gasteiger partial charge < -0.3 is 0 Å². The summed E-state index contributed by atoms with van der Waals surface area (Å²) in [5, 5.41) is 6.21. The van der Waals surface area contributed by atoms with Crippen LogP contribution in [0.1, 0.15) is 69.7 Å². The average Bonchev–Trinajstić information content (AvgIpc) is 3.84. The number of hydrogen-bond donors (Lipinski definition) is 0. The zero-order valence-corrected chi connectivity index (χ0v) is 33.1. The minimum absolute atomic E-state index is 0.0460. The van der Waals surface area contributed by atoms with E-state index in [1.54, 1.807) is 0 Å². The lowest BCUT2D eigenvalue weighted by atomic mass is 9.99. The van der Waals surface area contributed by atoms with Gasteiger partial charge >= 0.3 is 0 Å². The molecular formula is C51H47N5Si. The lowest BCUT2D eigenvalue weighted by Crippen LogP contribution is -2.65. The Morgan fingerprint density at radius 1 is 0.456 bits per heavy atom. The fourth-order valence-electron chi connectivity index (χ4n) is 10.8. The quantitative estimate of drug-likeness (QED) is 0.152. The van der Waals surface area contributed by atoms with Gasteiger partial charge in [0.1, 0.15) is 8.07 Å². The number of benzene rings is 6. The highest BCUT2D eigenvalue weighted by Crippen LogP contribution is 2.48. The molecule has 0 N–H and O–H groups in total. The SMILES string of the molecule is [2H]c1c([2H])c(-c2nc(-n3c4ccccc4c4ccccc43)nc(-n3c4ccccc4c4ccccc43)n2)c([2H])c([Si](c2ccccc2)(C2CCCCC2)C2CCCCC2)c1[2H]. The van der Waals surface area contributed by atoms with E-state index in [1.165, 1.54) is 18.0 Å². The summed E-state index contributed by atoms with van der Waals surface area (Å²) < 4.78 is 43.9. The molecule has 2 aliphatic carbocycles. The van der Waals surface area contributed by atoms with E-state index >= 15 is 0 Å². The van der Waals surface area contributed by atoms with Gasteiger partial charge in [0, 0.05) is 27.1 Å². The van der Waals surface area contributed by atoms with Crippen molar-refractivity contribution < 1.29 is 5.48 Å². The molecule has 280 valence electrons. The second kappa shape index (κ2) is 14.3. The number of hydrogen-bond acceptors (Lipinski definition) is 3. The highest BCUT2D eigenvalue weighted by Gasteiger charge is 2.50. The maximum absolute atomic E-state index is 10.5. The van der Waals surface area contributed by atoms with Gasteiger partial charge in [-0.2, -0.15) is 15.0 Å². The van der Waals surface area contributed by atoms with E-state index in [0.717, 1.165) is 95.0 Å². The Bertz CT molecular complexity index is 2870. The minimum Gasteiger partial charge on any atom is -0.278 e. The van der Waals surface area contributed by atoms with Crippen LogP contribution >= 0.6 is 0 Å². The predicted octanol–water partition coefficient (Wildman–Crippen LogP) is 12.0. The third-order valence-corrected chi connectivity index (χ3v) is 19.3. The average molecular weight is 762 g/mol. The first-order chi connectivity index (χ1) is 30.0. The van der Waals surface area contributed by atoms with Crippen molar-refractivity contribution in [3.63, 3.8) is 0 Å². The summed E-state index contributed by atoms with van der Waals surface area (Å²) in [4.78, 5) is 15.9. The largest absolute Gasteiger partial charge is 0.278 e. The Morgan fingerprint density at radius 3 is 1.33 bits per heavy atom. The molecular weight excluding hydrogens is 711 g/mol. The van der Waals surface area contributed by atoms with E-state index < -0.39 is 8.07 Å². The fourth-order valence-corrected chi connectivity index (χ4v) is 17.5. The van der Waals surface area contributed by atoms with E-state index in [0.29, 0.717) is 28.2 Å². The van der Waals surface area contributed by atoms with Crippen LogP contribution in [-0.2, 0) is 0 Å². The normalized spacial score (nSPS) is 16.9. The third kappa shape index (κ3) is 5.59. The molecule has 0 spiro atoms. The second-order valence-corrected chi connectivity index (χ2v) is 20.6. The molecule has 6 aromatic carbocycles. The molecule has 5 nitrogen and oxygen atoms in total. The summed E-state index contributed by atoms with van der Waals surface area (Å²) in [6.07, 6.45) is 11.2. The lowest BCUT2D eigenvalue weighted by Gasteiger charge is -2.48. The summed E-state index contributed by atoms with van der Waals surface area (Å²) >= 11 is 0. The number of para-hydroxylation sites is 4. The third-order valence-electron chi connectivity index (χ3n) is 13.2. The van der Waals surface area contributed by atoms with E-state index in [2.05, 4.69) is 88.0 Å². The Kier molecular flexibility index (Phi) is 7.58. The maximum Gasteiger partial charge on any atom is 0.240 e. The van der Waals surface area contributed by atoms with Crippen LogP contribution in [0.5, 0.6) is 0 Å². The molecule has 2 saturated carbocycles. The van der Waals surface area contributed by atoms with Gasteiger partial charge in [-0.25, -0.2) is 0 Å². The first-order valence-corrected chi connectivity index (χ1v) is 23.0. The summed E-state index contributed by atoms with van der Waals surface area (Å²) in [5.74, 6) is 0.913. The molecule has 0 radical (unpaired) electrons. The summed E-state index contributed by atoms with van der Waals surface area (Å²) in [7, 11) is -2.99. The lowest BCUT2D eigenvalue weighted by molar-refractivity contribution is 0.459. The number of nitrogens with zero attached hydrogens (tertiary/aromatic N) is 5. The van der Waals surface area contributed by atoms with Crippen LogP contribution in [0.4, 0.5) is 0 Å². The van der Waals surface area contributed by atoms with Gasteiger partial charge in [-0.05, 0) is 35.3 Å². The van der Waals surface area contributed by atoms with Gasteiger partial charge in [0.15, 0.2) is 5.82 Å². The van der Waals surface area contributed by atoms with Gasteiger partial charge in [0.05, 0.1) is 27.5 Å². The van der Waals surface area contributed by atoms with Crippen LogP contribution in [0.15, 0.2) is 152 Å². The molecule has 0 amide bonds. The van der Waals surface area contributed by atoms with Crippen LogP contribution in [-0.4, -0.2) is 32.2 Å². The molecule has 0 bridgehead atoms. The van der Waals surface area contributed by atoms with Crippen LogP contribution in [0.2, 0.25) is 11.1 Å². The number of rotatable bonds is 7. The molecule has 57 heavy (non-hydrogen) atoms. The minimum atomic E-state index is -2.99. The van der Waals surface area contributed by atoms with Crippen molar-refractivity contribution in [1.29, 1.82) is 0 Å². The van der Waals surface area contributed by atoms with E-state index in [4.69, 9.17) is 15.0 Å². The standard InChI is InChI=1S/C51H47N5Si/c1-4-20-37(21-5-1)57(38-22-6-2-7-23-38,39-24-8-3-9-25-39)40-26-18-19-36(35-40)49-52-50(55-45-31-14-10-27-41(45)42-28-11-15-32-46(42)55)54-51(53-49)56-47-33-16-12-29-43(47)44-30-13-17-34-48(44)56/h1,4-5,10-21,26-35,38-39H,2-3,6-9,22-25H2/i18D,19D,26D,35D. The Balaban J connectivity index is 1.26. The molecule has 6 heteroatoms. The zero-order chi connectivity index (χ0) is 41.2. The van der Waals surface area contributed by atoms with E-state index in [-0.39, 0.29) is 35.6 Å². The summed E-state index contributed by atoms with van der Waals surface area (Å²) in [5.41, 5.74) is 4.58. The fraction of sp³-hybridized carbons (Fsp3) is 0.235. The molecule has 0 aliphatic heterocycles. The monoisotopic (exact) mass is 761 g/mol. The first-order valence-electron chi connectivity index (χ1n) is 22.9. The molecule has 0 saturated heterocycles. The summed E-state index contributed by atoms with van der Waals surface area (Å²) in [6.45, 7) is 0. The highest BCUT2D eigenvalue weighted by molar-refractivity contribution is 7.04. The van der Waals surface area contributed by atoms with Crippen molar-refractivity contribution >= 4 is 62.1 Å². The van der Waals surface area contributed by atoms with Crippen molar-refractivity contribution in [2.75, 3.05) is 0 Å². The van der Waals surface area contributed by atoms with E-state index in [1.807, 2.05) is 48.5 Å². The van der Waals surface area contributed by atoms with Crippen molar-refractivity contribution in [2.45, 2.75) is 75.3 Å². The topological polar surface area (TPSA) is 48.5 Å². The molecule has 11 rings (SSSR count). The van der Waals surface area contributed by atoms with Gasteiger partial charge in [-0.15, -0.1) is 0 Å². The van der Waals surface area contributed by atoms with Gasteiger partial charge in [0.2, 0.25) is 11.9 Å². The molecule has 0 unspecified atom stereocenters. The van der Waals surface area contributed by atoms with E-state index in [9.17, 15) is 5.48 Å². The van der Waals surface area contributed by atoms with Gasteiger partial charge in [-0.3, -0.25) is 9.13 Å². The molecule has 0 atom stereocenters. The highest BCUT2D eigenvalue weighted by atomic mass is 28.3. The van der Waals surface area contributed by atoms with Gasteiger partial charge in [-0.1, -0.05) is 202 Å². The molecule has 9 aromatic rings. The number of aromatic nitrogens is 5. The van der Waals surface area contributed by atoms with Crippen molar-refractivity contribution in [3.8, 4) is 23.3 Å². The van der Waals surface area contributed by atoms with Crippen LogP contribution in [0.3, 0.4) is 0 Å². The Labute approximate surface area is 340 Å². The smallest absolute Gasteiger partial charge is 0.240 e. The van der Waals surface area contributed by atoms with Crippen LogP contribution in [0, 0.1) is 0 Å². The summed E-state index contributed by atoms with van der Waals surface area (Å²) in [6, 6.07) is 43.7.